The number of carboxylic acids is 1. The summed E-state index contributed by atoms with van der Waals surface area (Å²) in [6, 6.07) is 11.9. The Kier molecular flexibility index (Phi) is 5.24. The van der Waals surface area contributed by atoms with E-state index in [1.54, 1.807) is 14.2 Å². The summed E-state index contributed by atoms with van der Waals surface area (Å²) in [5.74, 6) is 0.651. The van der Waals surface area contributed by atoms with Gasteiger partial charge in [-0.3, -0.25) is 4.79 Å². The zero-order chi connectivity index (χ0) is 17.8. The quantitative estimate of drug-likeness (QED) is 0.846. The molecule has 0 aromatic heterocycles. The molecule has 0 fully saturated rings. The van der Waals surface area contributed by atoms with Gasteiger partial charge in [-0.05, 0) is 53.8 Å². The van der Waals surface area contributed by atoms with E-state index in [4.69, 9.17) is 14.6 Å². The number of hydrogen-bond acceptors (Lipinski definition) is 4. The van der Waals surface area contributed by atoms with Crippen LogP contribution in [0, 0.1) is 0 Å². The molecule has 1 unspecified atom stereocenters. The van der Waals surface area contributed by atoms with Gasteiger partial charge in [0.25, 0.3) is 0 Å². The van der Waals surface area contributed by atoms with Gasteiger partial charge in [0, 0.05) is 6.04 Å². The summed E-state index contributed by atoms with van der Waals surface area (Å²) in [6.07, 6.45) is 1.72. The van der Waals surface area contributed by atoms with Crippen LogP contribution in [0.25, 0.3) is 0 Å². The summed E-state index contributed by atoms with van der Waals surface area (Å²) < 4.78 is 10.9. The fourth-order valence-electron chi connectivity index (χ4n) is 3.46. The van der Waals surface area contributed by atoms with Crippen molar-refractivity contribution in [3.05, 3.63) is 58.7 Å². The molecule has 0 aliphatic carbocycles. The van der Waals surface area contributed by atoms with Gasteiger partial charge in [0.2, 0.25) is 0 Å². The fraction of sp³-hybridized carbons (Fsp3) is 0.350. The molecule has 5 heteroatoms. The number of rotatable bonds is 6. The van der Waals surface area contributed by atoms with Crippen LogP contribution in [-0.4, -0.2) is 31.8 Å². The normalized spacial score (nSPS) is 16.2. The lowest BCUT2D eigenvalue weighted by atomic mass is 9.88. The number of hydrogen-bond donors (Lipinski definition) is 2. The molecule has 1 atom stereocenters. The van der Waals surface area contributed by atoms with E-state index in [2.05, 4.69) is 5.32 Å². The first-order valence-corrected chi connectivity index (χ1v) is 8.39. The van der Waals surface area contributed by atoms with Crippen molar-refractivity contribution in [1.82, 2.24) is 5.32 Å². The van der Waals surface area contributed by atoms with Gasteiger partial charge < -0.3 is 19.9 Å². The number of carboxylic acid groups (broad SMARTS) is 1. The Morgan fingerprint density at radius 1 is 1.16 bits per heavy atom. The zero-order valence-electron chi connectivity index (χ0n) is 14.5. The molecule has 1 aliphatic heterocycles. The molecule has 1 heterocycles. The first kappa shape index (κ1) is 17.3. The van der Waals surface area contributed by atoms with Crippen molar-refractivity contribution in [3.8, 4) is 11.5 Å². The summed E-state index contributed by atoms with van der Waals surface area (Å²) in [5.41, 5.74) is 4.36. The molecule has 132 valence electrons. The summed E-state index contributed by atoms with van der Waals surface area (Å²) in [5, 5.41) is 12.7. The lowest BCUT2D eigenvalue weighted by Crippen LogP contribution is -2.31. The predicted octanol–water partition coefficient (Wildman–Crippen LogP) is 2.76. The number of carbonyl (C=O) groups is 1. The van der Waals surface area contributed by atoms with Crippen molar-refractivity contribution in [2.45, 2.75) is 25.3 Å². The number of nitrogens with one attached hydrogen (secondary N) is 1. The molecule has 5 nitrogen and oxygen atoms in total. The van der Waals surface area contributed by atoms with Crippen molar-refractivity contribution in [2.24, 2.45) is 0 Å². The number of methoxy groups -OCH3 is 2. The lowest BCUT2D eigenvalue weighted by molar-refractivity contribution is -0.136. The van der Waals surface area contributed by atoms with Crippen molar-refractivity contribution in [1.29, 1.82) is 0 Å². The average molecular weight is 341 g/mol. The topological polar surface area (TPSA) is 67.8 Å². The van der Waals surface area contributed by atoms with Crippen molar-refractivity contribution < 1.29 is 19.4 Å². The molecule has 2 aromatic carbocycles. The average Bonchev–Trinajstić information content (AvgIpc) is 2.62. The van der Waals surface area contributed by atoms with E-state index in [1.807, 2.05) is 36.4 Å². The predicted molar refractivity (Wildman–Crippen MR) is 95.5 cm³/mol. The van der Waals surface area contributed by atoms with Crippen LogP contribution in [0.1, 0.15) is 28.3 Å². The van der Waals surface area contributed by atoms with Gasteiger partial charge in [-0.1, -0.05) is 24.3 Å². The van der Waals surface area contributed by atoms with E-state index in [0.29, 0.717) is 5.75 Å². The molecule has 3 rings (SSSR count). The molecule has 0 saturated carbocycles. The summed E-state index contributed by atoms with van der Waals surface area (Å²) in [4.78, 5) is 11.1. The second-order valence-corrected chi connectivity index (χ2v) is 6.21. The largest absolute Gasteiger partial charge is 0.493 e. The molecule has 0 radical (unpaired) electrons. The van der Waals surface area contributed by atoms with Crippen LogP contribution in [0.4, 0.5) is 0 Å². The van der Waals surface area contributed by atoms with E-state index in [-0.39, 0.29) is 12.5 Å². The van der Waals surface area contributed by atoms with Crippen LogP contribution in [0.5, 0.6) is 11.5 Å². The number of fused-ring (bicyclic) bond motifs is 1. The third-order valence-corrected chi connectivity index (χ3v) is 4.69. The maximum Gasteiger partial charge on any atom is 0.307 e. The second kappa shape index (κ2) is 7.57. The van der Waals surface area contributed by atoms with Gasteiger partial charge in [0.1, 0.15) is 0 Å². The SMILES string of the molecule is COc1cc2c(cc1OC)C(Cc1ccccc1CC(=O)O)NCC2. The molecule has 1 aliphatic rings. The molecular formula is C20H23NO4. The maximum atomic E-state index is 11.1. The monoisotopic (exact) mass is 341 g/mol. The molecule has 0 amide bonds. The first-order valence-electron chi connectivity index (χ1n) is 8.39. The highest BCUT2D eigenvalue weighted by molar-refractivity contribution is 5.70. The Bertz CT molecular complexity index is 772. The van der Waals surface area contributed by atoms with Crippen LogP contribution in [0.2, 0.25) is 0 Å². The number of ether oxygens (including phenoxy) is 2. The van der Waals surface area contributed by atoms with E-state index >= 15 is 0 Å². The molecular weight excluding hydrogens is 318 g/mol. The summed E-state index contributed by atoms with van der Waals surface area (Å²) in [6.45, 7) is 0.883. The highest BCUT2D eigenvalue weighted by atomic mass is 16.5. The third-order valence-electron chi connectivity index (χ3n) is 4.69. The Labute approximate surface area is 147 Å². The standard InChI is InChI=1S/C20H23NO4/c1-24-18-10-15-7-8-21-17(16(15)12-19(18)25-2)9-13-5-3-4-6-14(13)11-20(22)23/h3-6,10,12,17,21H,7-9,11H2,1-2H3,(H,22,23). The zero-order valence-corrected chi connectivity index (χ0v) is 14.5. The van der Waals surface area contributed by atoms with E-state index in [1.165, 1.54) is 11.1 Å². The van der Waals surface area contributed by atoms with Crippen LogP contribution in [0.3, 0.4) is 0 Å². The number of aliphatic carboxylic acids is 1. The lowest BCUT2D eigenvalue weighted by Gasteiger charge is -2.29. The molecule has 2 N–H and O–H groups in total. The highest BCUT2D eigenvalue weighted by Crippen LogP contribution is 2.36. The Morgan fingerprint density at radius 2 is 1.84 bits per heavy atom. The molecule has 0 bridgehead atoms. The molecule has 0 saturated heterocycles. The van der Waals surface area contributed by atoms with Gasteiger partial charge in [-0.15, -0.1) is 0 Å². The van der Waals surface area contributed by atoms with Gasteiger partial charge in [-0.2, -0.15) is 0 Å². The van der Waals surface area contributed by atoms with Gasteiger partial charge in [0.05, 0.1) is 20.6 Å². The smallest absolute Gasteiger partial charge is 0.307 e. The van der Waals surface area contributed by atoms with E-state index < -0.39 is 5.97 Å². The Balaban J connectivity index is 1.93. The third kappa shape index (κ3) is 3.77. The minimum Gasteiger partial charge on any atom is -0.493 e. The van der Waals surface area contributed by atoms with Gasteiger partial charge in [-0.25, -0.2) is 0 Å². The van der Waals surface area contributed by atoms with Gasteiger partial charge in [0.15, 0.2) is 11.5 Å². The molecule has 25 heavy (non-hydrogen) atoms. The fourth-order valence-corrected chi connectivity index (χ4v) is 3.46. The van der Waals surface area contributed by atoms with Crippen molar-refractivity contribution >= 4 is 5.97 Å². The summed E-state index contributed by atoms with van der Waals surface area (Å²) in [7, 11) is 3.28. The van der Waals surface area contributed by atoms with Crippen LogP contribution in [-0.2, 0) is 24.1 Å². The minimum absolute atomic E-state index is 0.0433. The number of benzene rings is 2. The van der Waals surface area contributed by atoms with E-state index in [9.17, 15) is 4.79 Å². The van der Waals surface area contributed by atoms with Crippen LogP contribution < -0.4 is 14.8 Å². The van der Waals surface area contributed by atoms with Crippen molar-refractivity contribution in [3.63, 3.8) is 0 Å². The minimum atomic E-state index is -0.809. The molecule has 2 aromatic rings. The Hall–Kier alpha value is -2.53. The van der Waals surface area contributed by atoms with Crippen LogP contribution >= 0.6 is 0 Å². The van der Waals surface area contributed by atoms with Crippen LogP contribution in [0.15, 0.2) is 36.4 Å². The second-order valence-electron chi connectivity index (χ2n) is 6.21. The van der Waals surface area contributed by atoms with Crippen molar-refractivity contribution in [2.75, 3.05) is 20.8 Å². The van der Waals surface area contributed by atoms with Gasteiger partial charge >= 0.3 is 5.97 Å². The highest BCUT2D eigenvalue weighted by Gasteiger charge is 2.23. The Morgan fingerprint density at radius 3 is 2.52 bits per heavy atom. The maximum absolute atomic E-state index is 11.1. The molecule has 0 spiro atoms. The summed E-state index contributed by atoms with van der Waals surface area (Å²) >= 11 is 0. The first-order chi connectivity index (χ1) is 12.1. The van der Waals surface area contributed by atoms with E-state index in [0.717, 1.165) is 36.3 Å².